The van der Waals surface area contributed by atoms with Crippen LogP contribution in [-0.4, -0.2) is 47.5 Å². The number of carbonyl (C=O) groups excluding carboxylic acids is 1. The SMILES string of the molecule is C[C@H](O)[C@H](CO)NC(=O)C1CC(CCc2ccccc2)CCN1. The third-order valence-corrected chi connectivity index (χ3v) is 4.62. The van der Waals surface area contributed by atoms with Gasteiger partial charge in [-0.25, -0.2) is 0 Å². The third kappa shape index (κ3) is 5.61. The number of aliphatic hydroxyl groups is 2. The first-order valence-corrected chi connectivity index (χ1v) is 8.46. The maximum Gasteiger partial charge on any atom is 0.237 e. The van der Waals surface area contributed by atoms with Crippen molar-refractivity contribution in [3.63, 3.8) is 0 Å². The lowest BCUT2D eigenvalue weighted by Crippen LogP contribution is -2.54. The van der Waals surface area contributed by atoms with Crippen LogP contribution in [0.25, 0.3) is 0 Å². The molecule has 1 amide bonds. The fourth-order valence-corrected chi connectivity index (χ4v) is 3.08. The summed E-state index contributed by atoms with van der Waals surface area (Å²) in [6, 6.07) is 9.57. The summed E-state index contributed by atoms with van der Waals surface area (Å²) in [5.74, 6) is 0.390. The molecule has 1 saturated heterocycles. The van der Waals surface area contributed by atoms with Crippen molar-refractivity contribution < 1.29 is 15.0 Å². The summed E-state index contributed by atoms with van der Waals surface area (Å²) in [4.78, 5) is 12.3. The number of amides is 1. The van der Waals surface area contributed by atoms with E-state index in [4.69, 9.17) is 0 Å². The standard InChI is InChI=1S/C18H28N2O3/c1-13(22)17(12-21)20-18(23)16-11-15(9-10-19-16)8-7-14-5-3-2-4-6-14/h2-6,13,15-17,19,21-22H,7-12H2,1H3,(H,20,23)/t13-,15?,16?,17-/m0/s1. The average molecular weight is 320 g/mol. The van der Waals surface area contributed by atoms with Crippen LogP contribution in [0.4, 0.5) is 0 Å². The van der Waals surface area contributed by atoms with Gasteiger partial charge in [0, 0.05) is 0 Å². The maximum absolute atomic E-state index is 12.3. The molecule has 1 heterocycles. The molecule has 0 bridgehead atoms. The second kappa shape index (κ2) is 9.01. The fraction of sp³-hybridized carbons (Fsp3) is 0.611. The van der Waals surface area contributed by atoms with Crippen LogP contribution < -0.4 is 10.6 Å². The zero-order chi connectivity index (χ0) is 16.7. The van der Waals surface area contributed by atoms with E-state index in [0.29, 0.717) is 5.92 Å². The quantitative estimate of drug-likeness (QED) is 0.600. The molecule has 23 heavy (non-hydrogen) atoms. The topological polar surface area (TPSA) is 81.6 Å². The lowest BCUT2D eigenvalue weighted by molar-refractivity contribution is -0.126. The minimum Gasteiger partial charge on any atom is -0.394 e. The van der Waals surface area contributed by atoms with Crippen molar-refractivity contribution in [2.24, 2.45) is 5.92 Å². The molecule has 1 aromatic rings. The lowest BCUT2D eigenvalue weighted by Gasteiger charge is -2.31. The van der Waals surface area contributed by atoms with E-state index in [0.717, 1.165) is 32.2 Å². The Balaban J connectivity index is 1.81. The molecule has 0 aliphatic carbocycles. The Morgan fingerprint density at radius 1 is 1.39 bits per heavy atom. The Morgan fingerprint density at radius 2 is 2.13 bits per heavy atom. The molecule has 1 aliphatic heterocycles. The Labute approximate surface area is 138 Å². The first kappa shape index (κ1) is 17.9. The van der Waals surface area contributed by atoms with Gasteiger partial charge < -0.3 is 20.8 Å². The van der Waals surface area contributed by atoms with Gasteiger partial charge in [-0.1, -0.05) is 30.3 Å². The molecule has 2 unspecified atom stereocenters. The van der Waals surface area contributed by atoms with Crippen LogP contribution in [0.2, 0.25) is 0 Å². The number of hydrogen-bond acceptors (Lipinski definition) is 4. The Bertz CT molecular complexity index is 478. The largest absolute Gasteiger partial charge is 0.394 e. The first-order valence-electron chi connectivity index (χ1n) is 8.46. The summed E-state index contributed by atoms with van der Waals surface area (Å²) in [6.07, 6.45) is 3.23. The minimum atomic E-state index is -0.763. The maximum atomic E-state index is 12.3. The average Bonchev–Trinajstić information content (AvgIpc) is 2.58. The zero-order valence-corrected chi connectivity index (χ0v) is 13.7. The number of nitrogens with one attached hydrogen (secondary N) is 2. The smallest absolute Gasteiger partial charge is 0.237 e. The highest BCUT2D eigenvalue weighted by atomic mass is 16.3. The molecule has 0 radical (unpaired) electrons. The molecule has 0 saturated carbocycles. The first-order chi connectivity index (χ1) is 11.1. The summed E-state index contributed by atoms with van der Waals surface area (Å²) in [7, 11) is 0. The number of hydrogen-bond donors (Lipinski definition) is 4. The second-order valence-corrected chi connectivity index (χ2v) is 6.46. The van der Waals surface area contributed by atoms with Gasteiger partial charge in [0.2, 0.25) is 5.91 Å². The van der Waals surface area contributed by atoms with Crippen LogP contribution in [0.1, 0.15) is 31.7 Å². The predicted octanol–water partition coefficient (Wildman–Crippen LogP) is 0.845. The summed E-state index contributed by atoms with van der Waals surface area (Å²) >= 11 is 0. The van der Waals surface area contributed by atoms with E-state index in [-0.39, 0.29) is 18.6 Å². The molecular weight excluding hydrogens is 292 g/mol. The van der Waals surface area contributed by atoms with Crippen LogP contribution in [0.5, 0.6) is 0 Å². The van der Waals surface area contributed by atoms with Gasteiger partial charge in [-0.3, -0.25) is 4.79 Å². The van der Waals surface area contributed by atoms with E-state index in [1.807, 2.05) is 6.07 Å². The highest BCUT2D eigenvalue weighted by Gasteiger charge is 2.28. The van der Waals surface area contributed by atoms with Crippen molar-refractivity contribution in [1.82, 2.24) is 10.6 Å². The van der Waals surface area contributed by atoms with E-state index in [9.17, 15) is 15.0 Å². The van der Waals surface area contributed by atoms with Gasteiger partial charge in [-0.15, -0.1) is 0 Å². The van der Waals surface area contributed by atoms with Crippen molar-refractivity contribution in [2.45, 2.75) is 50.8 Å². The van der Waals surface area contributed by atoms with Crippen molar-refractivity contribution in [2.75, 3.05) is 13.2 Å². The Hall–Kier alpha value is -1.43. The number of aliphatic hydroxyl groups excluding tert-OH is 2. The Kier molecular flexibility index (Phi) is 7.02. The summed E-state index contributed by atoms with van der Waals surface area (Å²) in [5, 5.41) is 24.7. The van der Waals surface area contributed by atoms with Crippen LogP contribution in [0.3, 0.4) is 0 Å². The predicted molar refractivity (Wildman–Crippen MR) is 90.0 cm³/mol. The van der Waals surface area contributed by atoms with Crippen molar-refractivity contribution in [1.29, 1.82) is 0 Å². The van der Waals surface area contributed by atoms with Crippen LogP contribution in [-0.2, 0) is 11.2 Å². The molecule has 0 aromatic heterocycles. The van der Waals surface area contributed by atoms with Gasteiger partial charge in [0.1, 0.15) is 0 Å². The Morgan fingerprint density at radius 3 is 2.78 bits per heavy atom. The van der Waals surface area contributed by atoms with Gasteiger partial charge in [-0.05, 0) is 50.6 Å². The van der Waals surface area contributed by atoms with Crippen LogP contribution in [0, 0.1) is 5.92 Å². The van der Waals surface area contributed by atoms with E-state index in [2.05, 4.69) is 34.9 Å². The van der Waals surface area contributed by atoms with Gasteiger partial charge >= 0.3 is 0 Å². The fourth-order valence-electron chi connectivity index (χ4n) is 3.08. The summed E-state index contributed by atoms with van der Waals surface area (Å²) in [5.41, 5.74) is 1.33. The second-order valence-electron chi connectivity index (χ2n) is 6.46. The van der Waals surface area contributed by atoms with E-state index < -0.39 is 12.1 Å². The molecular formula is C18H28N2O3. The summed E-state index contributed by atoms with van der Waals surface area (Å²) < 4.78 is 0. The van der Waals surface area contributed by atoms with E-state index in [1.54, 1.807) is 6.92 Å². The number of aryl methyl sites for hydroxylation is 1. The molecule has 4 N–H and O–H groups in total. The monoisotopic (exact) mass is 320 g/mol. The molecule has 5 heteroatoms. The summed E-state index contributed by atoms with van der Waals surface area (Å²) in [6.45, 7) is 2.14. The number of rotatable bonds is 7. The van der Waals surface area contributed by atoms with Gasteiger partial charge in [0.15, 0.2) is 0 Å². The van der Waals surface area contributed by atoms with Gasteiger partial charge in [-0.2, -0.15) is 0 Å². The number of piperidine rings is 1. The minimum absolute atomic E-state index is 0.130. The molecule has 1 aromatic carbocycles. The number of carbonyl (C=O) groups is 1. The van der Waals surface area contributed by atoms with Crippen molar-refractivity contribution >= 4 is 5.91 Å². The zero-order valence-electron chi connectivity index (χ0n) is 13.7. The highest BCUT2D eigenvalue weighted by Crippen LogP contribution is 2.22. The third-order valence-electron chi connectivity index (χ3n) is 4.62. The van der Waals surface area contributed by atoms with E-state index in [1.165, 1.54) is 5.56 Å². The lowest BCUT2D eigenvalue weighted by atomic mass is 9.87. The van der Waals surface area contributed by atoms with Crippen LogP contribution >= 0.6 is 0 Å². The molecule has 4 atom stereocenters. The molecule has 128 valence electrons. The van der Waals surface area contributed by atoms with Gasteiger partial charge in [0.25, 0.3) is 0 Å². The molecule has 1 aliphatic rings. The molecule has 0 spiro atoms. The molecule has 1 fully saturated rings. The van der Waals surface area contributed by atoms with E-state index >= 15 is 0 Å². The van der Waals surface area contributed by atoms with Crippen LogP contribution in [0.15, 0.2) is 30.3 Å². The van der Waals surface area contributed by atoms with Crippen molar-refractivity contribution in [3.8, 4) is 0 Å². The molecule has 5 nitrogen and oxygen atoms in total. The molecule has 2 rings (SSSR count). The van der Waals surface area contributed by atoms with Gasteiger partial charge in [0.05, 0.1) is 24.8 Å². The normalized spacial score (nSPS) is 24.0. The van der Waals surface area contributed by atoms with Crippen molar-refractivity contribution in [3.05, 3.63) is 35.9 Å². The number of benzene rings is 1. The highest BCUT2D eigenvalue weighted by molar-refractivity contribution is 5.82.